The van der Waals surface area contributed by atoms with Crippen LogP contribution < -0.4 is 5.32 Å². The van der Waals surface area contributed by atoms with Gasteiger partial charge in [0, 0.05) is 5.69 Å². The number of amides is 1. The number of aliphatic hydroxyl groups is 1. The van der Waals surface area contributed by atoms with Gasteiger partial charge in [-0.1, -0.05) is 30.3 Å². The minimum Gasteiger partial charge on any atom is -0.378 e. The standard InChI is InChI=1S/C18H18N4O2/c1-12-10-13(2)22(21-12)16-9-8-15(11-19-16)20-18(24)17(23)14-6-4-3-5-7-14/h3-11,17,23H,1-2H3,(H,20,24). The topological polar surface area (TPSA) is 80.0 Å². The minimum absolute atomic E-state index is 0.498. The Morgan fingerprint density at radius 1 is 1.17 bits per heavy atom. The van der Waals surface area contributed by atoms with Crippen LogP contribution >= 0.6 is 0 Å². The maximum atomic E-state index is 12.1. The molecule has 122 valence electrons. The van der Waals surface area contributed by atoms with Gasteiger partial charge in [-0.3, -0.25) is 4.79 Å². The Morgan fingerprint density at radius 3 is 2.50 bits per heavy atom. The van der Waals surface area contributed by atoms with E-state index >= 15 is 0 Å². The summed E-state index contributed by atoms with van der Waals surface area (Å²) in [6, 6.07) is 14.2. The summed E-state index contributed by atoms with van der Waals surface area (Å²) in [4.78, 5) is 16.4. The molecule has 0 saturated carbocycles. The van der Waals surface area contributed by atoms with Gasteiger partial charge in [-0.2, -0.15) is 5.10 Å². The summed E-state index contributed by atoms with van der Waals surface area (Å²) in [5.74, 6) is 0.170. The second-order valence-corrected chi connectivity index (χ2v) is 5.55. The highest BCUT2D eigenvalue weighted by Crippen LogP contribution is 2.16. The fourth-order valence-corrected chi connectivity index (χ4v) is 2.44. The van der Waals surface area contributed by atoms with Gasteiger partial charge < -0.3 is 10.4 Å². The van der Waals surface area contributed by atoms with E-state index in [1.807, 2.05) is 26.0 Å². The molecule has 3 aromatic rings. The molecule has 24 heavy (non-hydrogen) atoms. The van der Waals surface area contributed by atoms with E-state index in [-0.39, 0.29) is 0 Å². The first-order chi connectivity index (χ1) is 11.5. The molecule has 0 aliphatic carbocycles. The summed E-state index contributed by atoms with van der Waals surface area (Å²) in [6.07, 6.45) is 0.323. The zero-order chi connectivity index (χ0) is 17.1. The third-order valence-corrected chi connectivity index (χ3v) is 3.61. The highest BCUT2D eigenvalue weighted by atomic mass is 16.3. The molecule has 1 atom stereocenters. The SMILES string of the molecule is Cc1cc(C)n(-c2ccc(NC(=O)C(O)c3ccccc3)cn2)n1. The average molecular weight is 322 g/mol. The summed E-state index contributed by atoms with van der Waals surface area (Å²) < 4.78 is 1.74. The number of aliphatic hydroxyl groups excluding tert-OH is 1. The fraction of sp³-hybridized carbons (Fsp3) is 0.167. The summed E-state index contributed by atoms with van der Waals surface area (Å²) in [6.45, 7) is 3.87. The van der Waals surface area contributed by atoms with Crippen molar-refractivity contribution < 1.29 is 9.90 Å². The first kappa shape index (κ1) is 15.9. The molecule has 0 radical (unpaired) electrons. The van der Waals surface area contributed by atoms with Crippen molar-refractivity contribution in [1.82, 2.24) is 14.8 Å². The lowest BCUT2D eigenvalue weighted by atomic mass is 10.1. The fourth-order valence-electron chi connectivity index (χ4n) is 2.44. The van der Waals surface area contributed by atoms with Crippen LogP contribution in [0, 0.1) is 13.8 Å². The summed E-state index contributed by atoms with van der Waals surface area (Å²) in [5.41, 5.74) is 2.96. The largest absolute Gasteiger partial charge is 0.378 e. The van der Waals surface area contributed by atoms with Crippen LogP contribution in [0.4, 0.5) is 5.69 Å². The Kier molecular flexibility index (Phi) is 4.39. The molecule has 3 rings (SSSR count). The molecule has 0 aliphatic rings. The number of pyridine rings is 1. The van der Waals surface area contributed by atoms with E-state index in [4.69, 9.17) is 0 Å². The molecule has 6 nitrogen and oxygen atoms in total. The van der Waals surface area contributed by atoms with Gasteiger partial charge in [0.25, 0.3) is 5.91 Å². The van der Waals surface area contributed by atoms with E-state index in [9.17, 15) is 9.90 Å². The van der Waals surface area contributed by atoms with Gasteiger partial charge in [0.05, 0.1) is 17.6 Å². The Bertz CT molecular complexity index is 841. The van der Waals surface area contributed by atoms with E-state index < -0.39 is 12.0 Å². The van der Waals surface area contributed by atoms with Crippen LogP contribution in [0.5, 0.6) is 0 Å². The van der Waals surface area contributed by atoms with Crippen LogP contribution in [0.2, 0.25) is 0 Å². The minimum atomic E-state index is -1.22. The normalized spacial score (nSPS) is 12.0. The lowest BCUT2D eigenvalue weighted by molar-refractivity contribution is -0.124. The highest BCUT2D eigenvalue weighted by Gasteiger charge is 2.17. The molecule has 2 aromatic heterocycles. The van der Waals surface area contributed by atoms with Gasteiger partial charge in [0.2, 0.25) is 0 Å². The Labute approximate surface area is 139 Å². The molecule has 0 bridgehead atoms. The number of aromatic nitrogens is 3. The van der Waals surface area contributed by atoms with Crippen molar-refractivity contribution in [3.8, 4) is 5.82 Å². The van der Waals surface area contributed by atoms with Crippen LogP contribution in [0.3, 0.4) is 0 Å². The van der Waals surface area contributed by atoms with Crippen molar-refractivity contribution >= 4 is 11.6 Å². The maximum Gasteiger partial charge on any atom is 0.257 e. The van der Waals surface area contributed by atoms with Crippen molar-refractivity contribution in [2.75, 3.05) is 5.32 Å². The maximum absolute atomic E-state index is 12.1. The van der Waals surface area contributed by atoms with Gasteiger partial charge in [0.1, 0.15) is 0 Å². The van der Waals surface area contributed by atoms with Gasteiger partial charge in [-0.05, 0) is 37.6 Å². The summed E-state index contributed by atoms with van der Waals surface area (Å²) >= 11 is 0. The van der Waals surface area contributed by atoms with Crippen molar-refractivity contribution in [3.63, 3.8) is 0 Å². The number of aryl methyl sites for hydroxylation is 2. The molecule has 6 heteroatoms. The third-order valence-electron chi connectivity index (χ3n) is 3.61. The second-order valence-electron chi connectivity index (χ2n) is 5.55. The van der Waals surface area contributed by atoms with E-state index in [2.05, 4.69) is 15.4 Å². The van der Waals surface area contributed by atoms with Gasteiger partial charge >= 0.3 is 0 Å². The predicted octanol–water partition coefficient (Wildman–Crippen LogP) is 2.56. The number of rotatable bonds is 4. The molecule has 2 N–H and O–H groups in total. The number of anilines is 1. The van der Waals surface area contributed by atoms with Crippen LogP contribution in [-0.4, -0.2) is 25.8 Å². The van der Waals surface area contributed by atoms with Crippen LogP contribution in [0.25, 0.3) is 5.82 Å². The number of carbonyl (C=O) groups excluding carboxylic acids is 1. The Balaban J connectivity index is 1.72. The number of nitrogens with zero attached hydrogens (tertiary/aromatic N) is 3. The molecule has 1 unspecified atom stereocenters. The monoisotopic (exact) mass is 322 g/mol. The van der Waals surface area contributed by atoms with Crippen molar-refractivity contribution in [1.29, 1.82) is 0 Å². The molecule has 0 aliphatic heterocycles. The van der Waals surface area contributed by atoms with Crippen molar-refractivity contribution in [2.24, 2.45) is 0 Å². The Hall–Kier alpha value is -2.99. The Morgan fingerprint density at radius 2 is 1.92 bits per heavy atom. The zero-order valence-corrected chi connectivity index (χ0v) is 13.5. The highest BCUT2D eigenvalue weighted by molar-refractivity contribution is 5.94. The number of carbonyl (C=O) groups is 1. The first-order valence-electron chi connectivity index (χ1n) is 7.58. The molecule has 0 spiro atoms. The lowest BCUT2D eigenvalue weighted by Gasteiger charge is -2.12. The zero-order valence-electron chi connectivity index (χ0n) is 13.5. The van der Waals surface area contributed by atoms with E-state index in [1.54, 1.807) is 47.3 Å². The molecule has 0 fully saturated rings. The lowest BCUT2D eigenvalue weighted by Crippen LogP contribution is -2.20. The molecular formula is C18H18N4O2. The van der Waals surface area contributed by atoms with Gasteiger partial charge in [-0.25, -0.2) is 9.67 Å². The molecule has 2 heterocycles. The number of benzene rings is 1. The average Bonchev–Trinajstić information content (AvgIpc) is 2.94. The van der Waals surface area contributed by atoms with E-state index in [0.29, 0.717) is 17.1 Å². The van der Waals surface area contributed by atoms with Gasteiger partial charge in [0.15, 0.2) is 11.9 Å². The number of hydrogen-bond acceptors (Lipinski definition) is 4. The number of hydrogen-bond donors (Lipinski definition) is 2. The summed E-state index contributed by atoms with van der Waals surface area (Å²) in [7, 11) is 0. The second kappa shape index (κ2) is 6.64. The van der Waals surface area contributed by atoms with Gasteiger partial charge in [-0.15, -0.1) is 0 Å². The smallest absolute Gasteiger partial charge is 0.257 e. The number of nitrogens with one attached hydrogen (secondary N) is 1. The third kappa shape index (κ3) is 3.33. The molecule has 0 saturated heterocycles. The van der Waals surface area contributed by atoms with E-state index in [1.165, 1.54) is 0 Å². The van der Waals surface area contributed by atoms with Crippen LogP contribution in [0.15, 0.2) is 54.7 Å². The molecule has 1 aromatic carbocycles. The van der Waals surface area contributed by atoms with E-state index in [0.717, 1.165) is 11.4 Å². The van der Waals surface area contributed by atoms with Crippen molar-refractivity contribution in [2.45, 2.75) is 20.0 Å². The summed E-state index contributed by atoms with van der Waals surface area (Å²) in [5, 5.41) is 17.1. The predicted molar refractivity (Wildman–Crippen MR) is 90.9 cm³/mol. The quantitative estimate of drug-likeness (QED) is 0.773. The van der Waals surface area contributed by atoms with Crippen molar-refractivity contribution in [3.05, 3.63) is 71.7 Å². The van der Waals surface area contributed by atoms with Crippen LogP contribution in [0.1, 0.15) is 23.1 Å². The van der Waals surface area contributed by atoms with Crippen LogP contribution in [-0.2, 0) is 4.79 Å². The molecular weight excluding hydrogens is 304 g/mol. The molecule has 1 amide bonds. The first-order valence-corrected chi connectivity index (χ1v) is 7.58.